The lowest BCUT2D eigenvalue weighted by Crippen LogP contribution is -2.47. The van der Waals surface area contributed by atoms with Gasteiger partial charge >= 0.3 is 6.18 Å². The smallest absolute Gasteiger partial charge is 0.398 e. The Kier molecular flexibility index (Phi) is 7.58. The van der Waals surface area contributed by atoms with Gasteiger partial charge < -0.3 is 14.5 Å². The number of carbonyl (C=O) groups is 1. The number of benzene rings is 2. The maximum Gasteiger partial charge on any atom is 0.398 e. The van der Waals surface area contributed by atoms with Crippen LogP contribution in [0.2, 0.25) is 0 Å². The maximum absolute atomic E-state index is 14.0. The van der Waals surface area contributed by atoms with Gasteiger partial charge in [0.05, 0.1) is 5.41 Å². The number of amides is 1. The van der Waals surface area contributed by atoms with Crippen molar-refractivity contribution >= 4 is 27.4 Å². The summed E-state index contributed by atoms with van der Waals surface area (Å²) < 4.78 is 89.3. The van der Waals surface area contributed by atoms with Crippen LogP contribution in [0.3, 0.4) is 0 Å². The van der Waals surface area contributed by atoms with E-state index in [9.17, 15) is 30.8 Å². The molecular weight excluding hydrogens is 576 g/mol. The normalized spacial score (nSPS) is 17.1. The second-order valence-electron chi connectivity index (χ2n) is 10.9. The molecule has 0 radical (unpaired) electrons. The van der Waals surface area contributed by atoms with Crippen molar-refractivity contribution in [2.75, 3.05) is 36.0 Å². The van der Waals surface area contributed by atoms with E-state index in [0.717, 1.165) is 37.7 Å². The van der Waals surface area contributed by atoms with Gasteiger partial charge in [-0.15, -0.1) is 0 Å². The van der Waals surface area contributed by atoms with Gasteiger partial charge in [0.25, 0.3) is 15.9 Å². The first kappa shape index (κ1) is 29.6. The van der Waals surface area contributed by atoms with E-state index in [1.165, 1.54) is 12.1 Å². The minimum Gasteiger partial charge on any atom is -0.477 e. The molecule has 0 spiro atoms. The van der Waals surface area contributed by atoms with Crippen LogP contribution in [0.1, 0.15) is 32.3 Å². The number of alkyl halides is 3. The number of carbonyl (C=O) groups excluding carboxylic acids is 1. The number of pyridine rings is 1. The summed E-state index contributed by atoms with van der Waals surface area (Å²) in [6.45, 7) is 4.42. The maximum atomic E-state index is 14.0. The highest BCUT2D eigenvalue weighted by Gasteiger charge is 2.56. The number of nitrogens with one attached hydrogen (secondary N) is 1. The Bertz CT molecular complexity index is 1570. The summed E-state index contributed by atoms with van der Waals surface area (Å²) in [7, 11) is -4.46. The fraction of sp³-hybridized carbons (Fsp3) is 0.379. The van der Waals surface area contributed by atoms with Crippen LogP contribution < -0.4 is 19.3 Å². The molecule has 1 aliphatic carbocycles. The molecule has 8 nitrogen and oxygen atoms in total. The predicted octanol–water partition coefficient (Wildman–Crippen LogP) is 4.80. The summed E-state index contributed by atoms with van der Waals surface area (Å²) in [6.07, 6.45) is -4.62. The first-order chi connectivity index (χ1) is 19.7. The summed E-state index contributed by atoms with van der Waals surface area (Å²) in [6, 6.07) is 17.0. The second-order valence-corrected chi connectivity index (χ2v) is 12.6. The third kappa shape index (κ3) is 5.87. The van der Waals surface area contributed by atoms with Crippen molar-refractivity contribution < 1.29 is 35.5 Å². The molecule has 1 amide bonds. The quantitative estimate of drug-likeness (QED) is 0.369. The molecule has 0 unspecified atom stereocenters. The minimum absolute atomic E-state index is 0.0376. The van der Waals surface area contributed by atoms with Gasteiger partial charge in [-0.1, -0.05) is 30.3 Å². The molecule has 42 heavy (non-hydrogen) atoms. The number of hydrogen-bond acceptors (Lipinski definition) is 7. The fourth-order valence-corrected chi connectivity index (χ4v) is 5.78. The van der Waals surface area contributed by atoms with E-state index in [1.54, 1.807) is 6.07 Å². The highest BCUT2D eigenvalue weighted by atomic mass is 32.2. The van der Waals surface area contributed by atoms with Crippen LogP contribution >= 0.6 is 0 Å². The lowest BCUT2D eigenvalue weighted by atomic mass is 9.83. The summed E-state index contributed by atoms with van der Waals surface area (Å²) in [5, 5.41) is -0.390. The van der Waals surface area contributed by atoms with E-state index < -0.39 is 44.7 Å². The number of piperazine rings is 1. The molecule has 224 valence electrons. The standard InChI is InChI=1S/C29H30F4N4O4S/c1-27(2,29(31,32)33)22-12-11-20(30)19-23(22)41-28(13-14-28)26(38)35-42(39,40)25-10-6-9-24(34-25)37-17-15-36(16-18-37)21-7-4-3-5-8-21/h3-12,19H,13-18H2,1-2H3,(H,35,38). The number of anilines is 2. The van der Waals surface area contributed by atoms with Crippen molar-refractivity contribution in [3.05, 3.63) is 78.1 Å². The van der Waals surface area contributed by atoms with E-state index in [1.807, 2.05) is 40.0 Å². The number of sulfonamides is 1. The SMILES string of the molecule is CC(C)(c1ccc(F)cc1OC1(C(=O)NS(=O)(=O)c2cccc(N3CCN(c4ccccc4)CC3)n2)CC1)C(F)(F)F. The van der Waals surface area contributed by atoms with Crippen LogP contribution in [0.15, 0.2) is 71.8 Å². The van der Waals surface area contributed by atoms with Crippen LogP contribution in [0.25, 0.3) is 0 Å². The van der Waals surface area contributed by atoms with E-state index in [4.69, 9.17) is 4.74 Å². The van der Waals surface area contributed by atoms with Gasteiger partial charge in [0.2, 0.25) is 0 Å². The van der Waals surface area contributed by atoms with E-state index in [0.29, 0.717) is 32.0 Å². The van der Waals surface area contributed by atoms with Crippen molar-refractivity contribution in [1.82, 2.24) is 9.71 Å². The monoisotopic (exact) mass is 606 g/mol. The van der Waals surface area contributed by atoms with Gasteiger partial charge in [-0.2, -0.15) is 21.6 Å². The van der Waals surface area contributed by atoms with Crippen LogP contribution in [0.5, 0.6) is 5.75 Å². The summed E-state index contributed by atoms with van der Waals surface area (Å²) >= 11 is 0. The Morgan fingerprint density at radius 3 is 2.19 bits per heavy atom. The Morgan fingerprint density at radius 1 is 0.929 bits per heavy atom. The van der Waals surface area contributed by atoms with Gasteiger partial charge in [0.15, 0.2) is 10.6 Å². The molecule has 2 heterocycles. The lowest BCUT2D eigenvalue weighted by Gasteiger charge is -2.36. The van der Waals surface area contributed by atoms with Crippen molar-refractivity contribution in [3.8, 4) is 5.75 Å². The number of para-hydroxylation sites is 1. The Hall–Kier alpha value is -3.87. The van der Waals surface area contributed by atoms with Gasteiger partial charge in [-0.3, -0.25) is 4.79 Å². The number of ether oxygens (including phenoxy) is 1. The van der Waals surface area contributed by atoms with Crippen molar-refractivity contribution in [2.45, 2.75) is 48.9 Å². The number of halogens is 4. The molecule has 5 rings (SSSR count). The number of rotatable bonds is 8. The molecule has 1 saturated heterocycles. The average molecular weight is 607 g/mol. The van der Waals surface area contributed by atoms with E-state index in [2.05, 4.69) is 9.88 Å². The van der Waals surface area contributed by atoms with Crippen molar-refractivity contribution in [1.29, 1.82) is 0 Å². The van der Waals surface area contributed by atoms with E-state index >= 15 is 0 Å². The minimum atomic E-state index is -4.70. The average Bonchev–Trinajstić information content (AvgIpc) is 3.73. The second kappa shape index (κ2) is 10.8. The highest BCUT2D eigenvalue weighted by Crippen LogP contribution is 2.48. The third-order valence-corrected chi connectivity index (χ3v) is 8.92. The Morgan fingerprint density at radius 2 is 1.57 bits per heavy atom. The Balaban J connectivity index is 1.30. The van der Waals surface area contributed by atoms with Crippen LogP contribution in [0.4, 0.5) is 29.1 Å². The Labute approximate surface area is 241 Å². The molecule has 13 heteroatoms. The topological polar surface area (TPSA) is 91.8 Å². The molecule has 0 bridgehead atoms. The predicted molar refractivity (Wildman–Crippen MR) is 149 cm³/mol. The molecule has 2 fully saturated rings. The molecule has 2 aromatic carbocycles. The fourth-order valence-electron chi connectivity index (χ4n) is 4.78. The number of hydrogen-bond donors (Lipinski definition) is 1. The molecule has 1 N–H and O–H groups in total. The molecule has 0 atom stereocenters. The molecule has 3 aromatic rings. The molecule has 2 aliphatic rings. The van der Waals surface area contributed by atoms with E-state index in [-0.39, 0.29) is 23.4 Å². The number of aromatic nitrogens is 1. The first-order valence-electron chi connectivity index (χ1n) is 13.4. The zero-order valence-electron chi connectivity index (χ0n) is 23.0. The highest BCUT2D eigenvalue weighted by molar-refractivity contribution is 7.90. The van der Waals surface area contributed by atoms with Crippen LogP contribution in [0, 0.1) is 5.82 Å². The van der Waals surface area contributed by atoms with Gasteiger partial charge in [0.1, 0.15) is 17.4 Å². The van der Waals surface area contributed by atoms with Crippen LogP contribution in [-0.4, -0.2) is 57.3 Å². The van der Waals surface area contributed by atoms with Crippen molar-refractivity contribution in [2.24, 2.45) is 0 Å². The summed E-state index contributed by atoms with van der Waals surface area (Å²) in [5.74, 6) is -1.97. The van der Waals surface area contributed by atoms with Crippen molar-refractivity contribution in [3.63, 3.8) is 0 Å². The largest absolute Gasteiger partial charge is 0.477 e. The number of nitrogens with zero attached hydrogens (tertiary/aromatic N) is 3. The molecular formula is C29H30F4N4O4S. The van der Waals surface area contributed by atoms with Crippen LogP contribution in [-0.2, 0) is 20.2 Å². The summed E-state index contributed by atoms with van der Waals surface area (Å²) in [5.41, 5.74) is -3.47. The molecule has 1 saturated carbocycles. The third-order valence-electron chi connectivity index (χ3n) is 7.69. The zero-order chi connectivity index (χ0) is 30.3. The van der Waals surface area contributed by atoms with Gasteiger partial charge in [-0.05, 0) is 44.2 Å². The molecule has 1 aromatic heterocycles. The van der Waals surface area contributed by atoms with Gasteiger partial charge in [-0.25, -0.2) is 14.1 Å². The summed E-state index contributed by atoms with van der Waals surface area (Å²) in [4.78, 5) is 21.6. The molecule has 1 aliphatic heterocycles. The zero-order valence-corrected chi connectivity index (χ0v) is 23.8. The lowest BCUT2D eigenvalue weighted by molar-refractivity contribution is -0.180. The first-order valence-corrected chi connectivity index (χ1v) is 14.9. The van der Waals surface area contributed by atoms with Gasteiger partial charge in [0, 0.05) is 56.3 Å².